The van der Waals surface area contributed by atoms with Crippen LogP contribution < -0.4 is 11.1 Å². The molecule has 106 valence electrons. The lowest BCUT2D eigenvalue weighted by atomic mass is 10.2. The van der Waals surface area contributed by atoms with Crippen LogP contribution in [0.1, 0.15) is 38.7 Å². The number of hydrogen-bond acceptors (Lipinski definition) is 3. The molecule has 0 aliphatic rings. The maximum absolute atomic E-state index is 11.9. The van der Waals surface area contributed by atoms with Gasteiger partial charge in [-0.1, -0.05) is 31.9 Å². The van der Waals surface area contributed by atoms with Gasteiger partial charge in [0, 0.05) is 18.0 Å². The highest BCUT2D eigenvalue weighted by Crippen LogP contribution is 2.24. The average Bonchev–Trinajstić information content (AvgIpc) is 2.43. The van der Waals surface area contributed by atoms with E-state index in [0.29, 0.717) is 6.54 Å². The van der Waals surface area contributed by atoms with Crippen molar-refractivity contribution in [1.82, 2.24) is 5.32 Å². The summed E-state index contributed by atoms with van der Waals surface area (Å²) < 4.78 is 0. The zero-order chi connectivity index (χ0) is 14.1. The van der Waals surface area contributed by atoms with Crippen molar-refractivity contribution in [3.8, 4) is 0 Å². The van der Waals surface area contributed by atoms with Crippen molar-refractivity contribution in [2.45, 2.75) is 49.8 Å². The van der Waals surface area contributed by atoms with Crippen LogP contribution in [0.15, 0.2) is 29.2 Å². The summed E-state index contributed by atoms with van der Waals surface area (Å²) >= 11 is 1.58. The Labute approximate surface area is 120 Å². The molecular weight excluding hydrogens is 256 g/mol. The number of nitrogens with one attached hydrogen (secondary N) is 1. The van der Waals surface area contributed by atoms with Crippen molar-refractivity contribution < 1.29 is 4.79 Å². The Hall–Kier alpha value is -1.00. The standard InChI is InChI=1S/C15H24N2OS/c1-3-4-5-9-17-15(18)12(2)19-14-8-6-7-13(10-14)11-16/h6-8,10,12H,3-5,9,11,16H2,1-2H3,(H,17,18). The second-order valence-corrected chi connectivity index (χ2v) is 6.02. The van der Waals surface area contributed by atoms with Gasteiger partial charge in [0.1, 0.15) is 0 Å². The third kappa shape index (κ3) is 6.12. The first-order valence-electron chi connectivity index (χ1n) is 6.90. The van der Waals surface area contributed by atoms with Crippen LogP contribution in [0.3, 0.4) is 0 Å². The number of hydrogen-bond donors (Lipinski definition) is 2. The van der Waals surface area contributed by atoms with E-state index in [4.69, 9.17) is 5.73 Å². The Kier molecular flexibility index (Phi) is 7.60. The predicted molar refractivity (Wildman–Crippen MR) is 82.2 cm³/mol. The molecule has 0 aromatic heterocycles. The second kappa shape index (κ2) is 8.99. The second-order valence-electron chi connectivity index (χ2n) is 4.61. The molecule has 19 heavy (non-hydrogen) atoms. The summed E-state index contributed by atoms with van der Waals surface area (Å²) in [5.74, 6) is 0.110. The molecule has 0 bridgehead atoms. The minimum Gasteiger partial charge on any atom is -0.355 e. The molecule has 3 nitrogen and oxygen atoms in total. The number of carbonyl (C=O) groups excluding carboxylic acids is 1. The zero-order valence-electron chi connectivity index (χ0n) is 11.8. The van der Waals surface area contributed by atoms with Gasteiger partial charge in [-0.15, -0.1) is 11.8 Å². The van der Waals surface area contributed by atoms with Crippen LogP contribution in [0.25, 0.3) is 0 Å². The molecule has 1 aromatic rings. The summed E-state index contributed by atoms with van der Waals surface area (Å²) in [5.41, 5.74) is 6.71. The molecule has 4 heteroatoms. The van der Waals surface area contributed by atoms with Gasteiger partial charge in [-0.05, 0) is 31.0 Å². The first-order valence-corrected chi connectivity index (χ1v) is 7.78. The maximum atomic E-state index is 11.9. The van der Waals surface area contributed by atoms with Crippen LogP contribution in [0.2, 0.25) is 0 Å². The molecule has 0 aliphatic carbocycles. The molecule has 0 aliphatic heterocycles. The number of carbonyl (C=O) groups is 1. The van der Waals surface area contributed by atoms with E-state index in [2.05, 4.69) is 12.2 Å². The van der Waals surface area contributed by atoms with Crippen LogP contribution in [-0.4, -0.2) is 17.7 Å². The number of nitrogens with two attached hydrogens (primary N) is 1. The van der Waals surface area contributed by atoms with Crippen molar-refractivity contribution in [3.05, 3.63) is 29.8 Å². The van der Waals surface area contributed by atoms with Crippen LogP contribution in [0.5, 0.6) is 0 Å². The van der Waals surface area contributed by atoms with Crippen molar-refractivity contribution in [3.63, 3.8) is 0 Å². The number of amides is 1. The van der Waals surface area contributed by atoms with E-state index in [0.717, 1.165) is 23.4 Å². The van der Waals surface area contributed by atoms with E-state index >= 15 is 0 Å². The third-order valence-electron chi connectivity index (χ3n) is 2.90. The van der Waals surface area contributed by atoms with Crippen molar-refractivity contribution in [2.24, 2.45) is 5.73 Å². The molecule has 1 rings (SSSR count). The van der Waals surface area contributed by atoms with Crippen molar-refractivity contribution in [1.29, 1.82) is 0 Å². The fourth-order valence-electron chi connectivity index (χ4n) is 1.73. The summed E-state index contributed by atoms with van der Waals surface area (Å²) in [6, 6.07) is 8.05. The highest BCUT2D eigenvalue weighted by Gasteiger charge is 2.13. The van der Waals surface area contributed by atoms with Crippen LogP contribution in [0.4, 0.5) is 0 Å². The van der Waals surface area contributed by atoms with E-state index in [9.17, 15) is 4.79 Å². The molecule has 3 N–H and O–H groups in total. The molecule has 0 saturated carbocycles. The molecular formula is C15H24N2OS. The highest BCUT2D eigenvalue weighted by molar-refractivity contribution is 8.00. The molecule has 0 spiro atoms. The van der Waals surface area contributed by atoms with E-state index < -0.39 is 0 Å². The van der Waals surface area contributed by atoms with Gasteiger partial charge in [-0.3, -0.25) is 4.79 Å². The molecule has 0 saturated heterocycles. The smallest absolute Gasteiger partial charge is 0.233 e. The molecule has 1 aromatic carbocycles. The van der Waals surface area contributed by atoms with Crippen molar-refractivity contribution in [2.75, 3.05) is 6.54 Å². The number of rotatable bonds is 8. The minimum atomic E-state index is -0.0744. The van der Waals surface area contributed by atoms with Gasteiger partial charge >= 0.3 is 0 Å². The van der Waals surface area contributed by atoms with Gasteiger partial charge in [0.15, 0.2) is 0 Å². The van der Waals surface area contributed by atoms with Gasteiger partial charge in [-0.2, -0.15) is 0 Å². The maximum Gasteiger partial charge on any atom is 0.233 e. The van der Waals surface area contributed by atoms with Gasteiger partial charge in [0.25, 0.3) is 0 Å². The van der Waals surface area contributed by atoms with Gasteiger partial charge in [-0.25, -0.2) is 0 Å². The molecule has 0 radical (unpaired) electrons. The van der Waals surface area contributed by atoms with Crippen LogP contribution in [0, 0.1) is 0 Å². The SMILES string of the molecule is CCCCCNC(=O)C(C)Sc1cccc(CN)c1. The normalized spacial score (nSPS) is 12.2. The molecule has 0 fully saturated rings. The molecule has 0 heterocycles. The quantitative estimate of drug-likeness (QED) is 0.568. The summed E-state index contributed by atoms with van der Waals surface area (Å²) in [6.07, 6.45) is 3.40. The lowest BCUT2D eigenvalue weighted by molar-refractivity contribution is -0.120. The van der Waals surface area contributed by atoms with Crippen LogP contribution >= 0.6 is 11.8 Å². The summed E-state index contributed by atoms with van der Waals surface area (Å²) in [7, 11) is 0. The van der Waals surface area contributed by atoms with E-state index in [-0.39, 0.29) is 11.2 Å². The fourth-order valence-corrected chi connectivity index (χ4v) is 2.71. The third-order valence-corrected chi connectivity index (χ3v) is 3.99. The lowest BCUT2D eigenvalue weighted by Crippen LogP contribution is -2.31. The average molecular weight is 280 g/mol. The Balaban J connectivity index is 2.40. The van der Waals surface area contributed by atoms with Crippen LogP contribution in [-0.2, 0) is 11.3 Å². The number of benzene rings is 1. The molecule has 1 atom stereocenters. The van der Waals surface area contributed by atoms with E-state index in [1.165, 1.54) is 12.8 Å². The lowest BCUT2D eigenvalue weighted by Gasteiger charge is -2.12. The summed E-state index contributed by atoms with van der Waals surface area (Å²) in [5, 5.41) is 2.91. The first kappa shape index (κ1) is 16.1. The molecule has 1 amide bonds. The summed E-state index contributed by atoms with van der Waals surface area (Å²) in [4.78, 5) is 13.0. The van der Waals surface area contributed by atoms with Gasteiger partial charge in [0.05, 0.1) is 5.25 Å². The zero-order valence-corrected chi connectivity index (χ0v) is 12.6. The highest BCUT2D eigenvalue weighted by atomic mass is 32.2. The number of unbranched alkanes of at least 4 members (excludes halogenated alkanes) is 2. The minimum absolute atomic E-state index is 0.0744. The number of thioether (sulfide) groups is 1. The summed E-state index contributed by atoms with van der Waals surface area (Å²) in [6.45, 7) is 5.41. The fraction of sp³-hybridized carbons (Fsp3) is 0.533. The van der Waals surface area contributed by atoms with E-state index in [1.807, 2.05) is 31.2 Å². The Bertz CT molecular complexity index is 395. The molecule has 1 unspecified atom stereocenters. The Morgan fingerprint density at radius 2 is 2.21 bits per heavy atom. The Morgan fingerprint density at radius 1 is 1.42 bits per heavy atom. The van der Waals surface area contributed by atoms with Crippen molar-refractivity contribution >= 4 is 17.7 Å². The monoisotopic (exact) mass is 280 g/mol. The largest absolute Gasteiger partial charge is 0.355 e. The van der Waals surface area contributed by atoms with Gasteiger partial charge in [0.2, 0.25) is 5.91 Å². The first-order chi connectivity index (χ1) is 9.17. The Morgan fingerprint density at radius 3 is 2.89 bits per heavy atom. The van der Waals surface area contributed by atoms with Gasteiger partial charge < -0.3 is 11.1 Å². The topological polar surface area (TPSA) is 55.1 Å². The van der Waals surface area contributed by atoms with E-state index in [1.54, 1.807) is 11.8 Å². The predicted octanol–water partition coefficient (Wildman–Crippen LogP) is 2.93.